The van der Waals surface area contributed by atoms with E-state index in [2.05, 4.69) is 96.0 Å². The van der Waals surface area contributed by atoms with Gasteiger partial charge in [-0.25, -0.2) is 0 Å². The molecule has 0 N–H and O–H groups in total. The Morgan fingerprint density at radius 2 is 1.22 bits per heavy atom. The summed E-state index contributed by atoms with van der Waals surface area (Å²) in [6.45, 7) is 1.32. The molecule has 1 aliphatic heterocycles. The summed E-state index contributed by atoms with van der Waals surface area (Å²) in [6, 6.07) is 37.9. The molecule has 1 fully saturated rings. The number of hydrogen-bond donors (Lipinski definition) is 0. The lowest BCUT2D eigenvalue weighted by molar-refractivity contribution is -0.127. The van der Waals surface area contributed by atoms with E-state index in [-0.39, 0.29) is 11.6 Å². The Kier molecular flexibility index (Phi) is 5.83. The van der Waals surface area contributed by atoms with Crippen LogP contribution < -0.4 is 15.9 Å². The van der Waals surface area contributed by atoms with E-state index in [0.29, 0.717) is 6.54 Å². The van der Waals surface area contributed by atoms with Gasteiger partial charge in [0, 0.05) is 19.2 Å². The van der Waals surface area contributed by atoms with Gasteiger partial charge in [-0.3, -0.25) is 9.78 Å². The van der Waals surface area contributed by atoms with Crippen molar-refractivity contribution in [3.8, 4) is 0 Å². The minimum Gasteiger partial charge on any atom is -0.333 e. The number of nitrogens with zero attached hydrogens (tertiary/aromatic N) is 2. The number of carbonyl (C=O) groups excluding carboxylic acids is 1. The van der Waals surface area contributed by atoms with Gasteiger partial charge in [0.1, 0.15) is 23.2 Å². The van der Waals surface area contributed by atoms with Crippen LogP contribution in [0, 0.1) is 0 Å². The molecule has 4 heteroatoms. The summed E-state index contributed by atoms with van der Waals surface area (Å²) in [5.41, 5.74) is 0.850. The first-order valence-electron chi connectivity index (χ1n) is 11.0. The highest BCUT2D eigenvalue weighted by atomic mass is 31.2. The van der Waals surface area contributed by atoms with Gasteiger partial charge < -0.3 is 4.90 Å². The highest BCUT2D eigenvalue weighted by Gasteiger charge is 2.58. The molecule has 3 nitrogen and oxygen atoms in total. The highest BCUT2D eigenvalue weighted by Crippen LogP contribution is 2.62. The third-order valence-corrected chi connectivity index (χ3v) is 11.1. The lowest BCUT2D eigenvalue weighted by atomic mass is 10.3. The van der Waals surface area contributed by atoms with Crippen LogP contribution in [0.2, 0.25) is 0 Å². The van der Waals surface area contributed by atoms with Crippen molar-refractivity contribution in [1.82, 2.24) is 9.88 Å². The SMILES string of the molecule is O=C1C([P+](c2ccccc2)(c2ccccc2)c2ccccc2)CCN1Cc1ccccn1. The molecule has 1 aliphatic rings. The minimum absolute atomic E-state index is 0.0848. The van der Waals surface area contributed by atoms with E-state index in [1.165, 1.54) is 15.9 Å². The van der Waals surface area contributed by atoms with Gasteiger partial charge in [0.25, 0.3) is 5.91 Å². The molecular formula is C28H26N2OP+. The summed E-state index contributed by atoms with van der Waals surface area (Å²) in [4.78, 5) is 20.5. The fourth-order valence-electron chi connectivity index (χ4n) is 4.90. The molecule has 0 bridgehead atoms. The molecule has 0 spiro atoms. The van der Waals surface area contributed by atoms with Crippen LogP contribution in [0.25, 0.3) is 0 Å². The summed E-state index contributed by atoms with van der Waals surface area (Å²) in [5, 5.41) is 3.78. The average Bonchev–Trinajstić information content (AvgIpc) is 3.22. The van der Waals surface area contributed by atoms with E-state index in [1.807, 2.05) is 23.1 Å². The van der Waals surface area contributed by atoms with Crippen LogP contribution in [0.5, 0.6) is 0 Å². The second kappa shape index (κ2) is 9.06. The first kappa shape index (κ1) is 20.6. The zero-order valence-electron chi connectivity index (χ0n) is 17.9. The van der Waals surface area contributed by atoms with Crippen LogP contribution >= 0.6 is 7.26 Å². The molecule has 0 radical (unpaired) electrons. The number of rotatable bonds is 6. The quantitative estimate of drug-likeness (QED) is 0.424. The van der Waals surface area contributed by atoms with Gasteiger partial charge in [-0.1, -0.05) is 60.7 Å². The van der Waals surface area contributed by atoms with E-state index in [1.54, 1.807) is 6.20 Å². The van der Waals surface area contributed by atoms with Crippen molar-refractivity contribution in [3.63, 3.8) is 0 Å². The molecule has 32 heavy (non-hydrogen) atoms. The standard InChI is InChI=1S/C28H26N2OP/c31-28-27(19-21-30(28)22-23-12-10-11-20-29-23)32(24-13-4-1-5-14-24,25-15-6-2-7-16-25)26-17-8-3-9-18-26/h1-18,20,27H,19,21-22H2/q+1. The number of benzene rings is 3. The Morgan fingerprint density at radius 1 is 0.719 bits per heavy atom. The summed E-state index contributed by atoms with van der Waals surface area (Å²) >= 11 is 0. The van der Waals surface area contributed by atoms with Crippen LogP contribution in [0.4, 0.5) is 0 Å². The second-order valence-corrected chi connectivity index (χ2v) is 11.7. The van der Waals surface area contributed by atoms with Crippen LogP contribution in [-0.4, -0.2) is 28.0 Å². The molecule has 4 aromatic rings. The average molecular weight is 438 g/mol. The molecule has 2 heterocycles. The van der Waals surface area contributed by atoms with Gasteiger partial charge in [-0.05, 0) is 48.5 Å². The summed E-state index contributed by atoms with van der Waals surface area (Å²) < 4.78 is 0. The highest BCUT2D eigenvalue weighted by molar-refractivity contribution is 7.96. The monoisotopic (exact) mass is 437 g/mol. The third kappa shape index (κ3) is 3.63. The normalized spacial score (nSPS) is 16.3. The van der Waals surface area contributed by atoms with Crippen molar-refractivity contribution in [1.29, 1.82) is 0 Å². The lowest BCUT2D eigenvalue weighted by Gasteiger charge is -2.32. The molecule has 1 unspecified atom stereocenters. The summed E-state index contributed by atoms with van der Waals surface area (Å²) in [5.74, 6) is 0.237. The number of amides is 1. The summed E-state index contributed by atoms with van der Waals surface area (Å²) in [6.07, 6.45) is 2.64. The maximum absolute atomic E-state index is 14.0. The Labute approximate surface area is 190 Å². The Morgan fingerprint density at radius 3 is 1.69 bits per heavy atom. The molecule has 1 atom stereocenters. The van der Waals surface area contributed by atoms with Crippen LogP contribution in [0.3, 0.4) is 0 Å². The zero-order valence-corrected chi connectivity index (χ0v) is 18.8. The largest absolute Gasteiger partial charge is 0.333 e. The molecule has 1 amide bonds. The number of carbonyl (C=O) groups is 1. The fraction of sp³-hybridized carbons (Fsp3) is 0.143. The molecule has 158 valence electrons. The van der Waals surface area contributed by atoms with Crippen LogP contribution in [0.15, 0.2) is 115 Å². The molecule has 0 saturated carbocycles. The van der Waals surface area contributed by atoms with Crippen molar-refractivity contribution in [3.05, 3.63) is 121 Å². The Balaban J connectivity index is 1.66. The first-order chi connectivity index (χ1) is 15.8. The van der Waals surface area contributed by atoms with Crippen LogP contribution in [-0.2, 0) is 11.3 Å². The van der Waals surface area contributed by atoms with Crippen molar-refractivity contribution in [2.24, 2.45) is 0 Å². The van der Waals surface area contributed by atoms with E-state index < -0.39 is 7.26 Å². The third-order valence-electron chi connectivity index (χ3n) is 6.31. The van der Waals surface area contributed by atoms with Gasteiger partial charge >= 0.3 is 0 Å². The number of aromatic nitrogens is 1. The molecule has 1 aromatic heterocycles. The van der Waals surface area contributed by atoms with Crippen molar-refractivity contribution in [2.45, 2.75) is 18.6 Å². The lowest BCUT2D eigenvalue weighted by Crippen LogP contribution is -2.42. The van der Waals surface area contributed by atoms with Crippen molar-refractivity contribution >= 4 is 29.1 Å². The van der Waals surface area contributed by atoms with E-state index in [0.717, 1.165) is 18.7 Å². The molecule has 1 saturated heterocycles. The molecule has 5 rings (SSSR count). The second-order valence-electron chi connectivity index (χ2n) is 8.11. The topological polar surface area (TPSA) is 33.2 Å². The number of hydrogen-bond acceptors (Lipinski definition) is 2. The smallest absolute Gasteiger partial charge is 0.264 e. The Hall–Kier alpha value is -3.29. The predicted molar refractivity (Wildman–Crippen MR) is 133 cm³/mol. The number of likely N-dealkylation sites (tertiary alicyclic amines) is 1. The van der Waals surface area contributed by atoms with Crippen molar-refractivity contribution in [2.75, 3.05) is 6.54 Å². The molecule has 0 aliphatic carbocycles. The van der Waals surface area contributed by atoms with E-state index in [4.69, 9.17) is 0 Å². The van der Waals surface area contributed by atoms with Gasteiger partial charge in [0.15, 0.2) is 5.66 Å². The van der Waals surface area contributed by atoms with Gasteiger partial charge in [-0.15, -0.1) is 0 Å². The predicted octanol–water partition coefficient (Wildman–Crippen LogP) is 4.18. The zero-order chi connectivity index (χ0) is 21.8. The van der Waals surface area contributed by atoms with Gasteiger partial charge in [-0.2, -0.15) is 0 Å². The van der Waals surface area contributed by atoms with Crippen molar-refractivity contribution < 1.29 is 4.79 Å². The maximum Gasteiger partial charge on any atom is 0.264 e. The maximum atomic E-state index is 14.0. The van der Waals surface area contributed by atoms with Crippen LogP contribution in [0.1, 0.15) is 12.1 Å². The molecule has 3 aromatic carbocycles. The van der Waals surface area contributed by atoms with E-state index in [9.17, 15) is 4.79 Å². The Bertz CT molecular complexity index is 1070. The molecular weight excluding hydrogens is 411 g/mol. The van der Waals surface area contributed by atoms with Gasteiger partial charge in [0.2, 0.25) is 0 Å². The van der Waals surface area contributed by atoms with Gasteiger partial charge in [0.05, 0.1) is 12.2 Å². The fourth-order valence-corrected chi connectivity index (χ4v) is 9.80. The minimum atomic E-state index is -2.21. The first-order valence-corrected chi connectivity index (χ1v) is 12.9. The van der Waals surface area contributed by atoms with E-state index >= 15 is 0 Å². The number of pyridine rings is 1. The summed E-state index contributed by atoms with van der Waals surface area (Å²) in [7, 11) is -2.21.